The number of carboxylic acids is 1. The quantitative estimate of drug-likeness (QED) is 0.119. The molecule has 2 aromatic rings. The number of rotatable bonds is 15. The van der Waals surface area contributed by atoms with Crippen LogP contribution in [0.3, 0.4) is 0 Å². The van der Waals surface area contributed by atoms with Gasteiger partial charge in [-0.2, -0.15) is 8.42 Å². The van der Waals surface area contributed by atoms with Gasteiger partial charge in [-0.25, -0.2) is 4.79 Å². The van der Waals surface area contributed by atoms with Gasteiger partial charge in [0.05, 0.1) is 6.61 Å². The van der Waals surface area contributed by atoms with Gasteiger partial charge in [0.2, 0.25) is 6.29 Å². The Kier molecular flexibility index (Phi) is 11.1. The molecule has 0 fully saturated rings. The number of aliphatic carboxylic acids is 1. The van der Waals surface area contributed by atoms with Crippen LogP contribution < -0.4 is 8.92 Å². The molecule has 0 radical (unpaired) electrons. The van der Waals surface area contributed by atoms with E-state index < -0.39 is 59.6 Å². The predicted octanol–water partition coefficient (Wildman–Crippen LogP) is 0.857. The van der Waals surface area contributed by atoms with E-state index in [0.29, 0.717) is 18.4 Å². The molecular weight excluding hydrogens is 528 g/mol. The Morgan fingerprint density at radius 3 is 1.84 bits per heavy atom. The minimum atomic E-state index is -4.77. The Bertz CT molecular complexity index is 1180. The second-order valence-electron chi connectivity index (χ2n) is 8.91. The highest BCUT2D eigenvalue weighted by atomic mass is 32.3. The molecule has 14 heteroatoms. The summed E-state index contributed by atoms with van der Waals surface area (Å²) in [5.41, 5.74) is 1.43. The fourth-order valence-electron chi connectivity index (χ4n) is 3.58. The zero-order chi connectivity index (χ0) is 28.6. The van der Waals surface area contributed by atoms with Gasteiger partial charge >= 0.3 is 16.4 Å². The van der Waals surface area contributed by atoms with E-state index in [1.54, 1.807) is 12.1 Å². The average Bonchev–Trinajstić information content (AvgIpc) is 2.82. The predicted molar refractivity (Wildman–Crippen MR) is 131 cm³/mol. The summed E-state index contributed by atoms with van der Waals surface area (Å²) in [6, 6.07) is 8.60. The first-order valence-corrected chi connectivity index (χ1v) is 12.8. The number of benzene rings is 2. The minimum Gasteiger partial charge on any atom is -0.504 e. The highest BCUT2D eigenvalue weighted by molar-refractivity contribution is 7.81. The molecule has 0 aliphatic carbocycles. The van der Waals surface area contributed by atoms with Crippen molar-refractivity contribution in [2.45, 2.75) is 45.2 Å². The number of carbonyl (C=O) groups is 1. The zero-order valence-corrected chi connectivity index (χ0v) is 21.5. The summed E-state index contributed by atoms with van der Waals surface area (Å²) in [6.07, 6.45) is -4.12. The molecule has 2 rings (SSSR count). The highest BCUT2D eigenvalue weighted by Crippen LogP contribution is 2.32. The van der Waals surface area contributed by atoms with Gasteiger partial charge in [0.15, 0.2) is 23.0 Å². The maximum atomic E-state index is 10.8. The SMILES string of the molecule is CC(Cc1ccc(OC(OCC(=O)O)C(O)C(O)CO)c(O)c1)C(C)Cc1ccc(OS(=O)(=O)O)c(O)c1. The largest absolute Gasteiger partial charge is 0.504 e. The Hall–Kier alpha value is -3.14. The number of phenolic OH excluding ortho intramolecular Hbond substituents is 2. The van der Waals surface area contributed by atoms with Crippen molar-refractivity contribution in [1.82, 2.24) is 0 Å². The molecule has 13 nitrogen and oxygen atoms in total. The van der Waals surface area contributed by atoms with Crippen molar-refractivity contribution < 1.29 is 62.1 Å². The van der Waals surface area contributed by atoms with Crippen LogP contribution in [0.2, 0.25) is 0 Å². The number of aliphatic hydroxyl groups is 3. The molecule has 38 heavy (non-hydrogen) atoms. The molecule has 0 aliphatic heterocycles. The molecule has 0 heterocycles. The lowest BCUT2D eigenvalue weighted by Gasteiger charge is -2.26. The molecule has 7 N–H and O–H groups in total. The lowest BCUT2D eigenvalue weighted by Crippen LogP contribution is -2.45. The monoisotopic (exact) mass is 560 g/mol. The molecule has 0 aromatic heterocycles. The number of hydrogen-bond acceptors (Lipinski definition) is 11. The van der Waals surface area contributed by atoms with E-state index in [2.05, 4.69) is 4.18 Å². The van der Waals surface area contributed by atoms with Gasteiger partial charge in [0, 0.05) is 0 Å². The first-order valence-electron chi connectivity index (χ1n) is 11.5. The summed E-state index contributed by atoms with van der Waals surface area (Å²) in [5, 5.41) is 58.0. The fraction of sp³-hybridized carbons (Fsp3) is 0.458. The van der Waals surface area contributed by atoms with Crippen LogP contribution in [0.25, 0.3) is 0 Å². The van der Waals surface area contributed by atoms with E-state index in [4.69, 9.17) is 24.2 Å². The Balaban J connectivity index is 2.05. The summed E-state index contributed by atoms with van der Waals surface area (Å²) in [6.45, 7) is 2.26. The number of aliphatic hydroxyl groups excluding tert-OH is 3. The van der Waals surface area contributed by atoms with Gasteiger partial charge in [-0.05, 0) is 60.1 Å². The third kappa shape index (κ3) is 9.63. The first-order chi connectivity index (χ1) is 17.7. The molecule has 0 bridgehead atoms. The fourth-order valence-corrected chi connectivity index (χ4v) is 3.95. The average molecular weight is 561 g/mol. The number of hydrogen-bond donors (Lipinski definition) is 7. The van der Waals surface area contributed by atoms with Crippen molar-refractivity contribution >= 4 is 16.4 Å². The molecule has 0 aliphatic rings. The molecule has 0 saturated heterocycles. The van der Waals surface area contributed by atoms with Crippen LogP contribution in [-0.4, -0.2) is 81.3 Å². The number of aromatic hydroxyl groups is 2. The van der Waals surface area contributed by atoms with Crippen LogP contribution in [0.15, 0.2) is 36.4 Å². The summed E-state index contributed by atoms with van der Waals surface area (Å²) in [4.78, 5) is 10.8. The van der Waals surface area contributed by atoms with Crippen LogP contribution in [0, 0.1) is 11.8 Å². The molecule has 0 saturated carbocycles. The third-order valence-corrected chi connectivity index (χ3v) is 6.19. The van der Waals surface area contributed by atoms with Gasteiger partial charge in [-0.3, -0.25) is 4.55 Å². The normalized spacial score (nSPS) is 15.7. The Labute approximate surface area is 219 Å². The number of phenols is 2. The third-order valence-electron chi connectivity index (χ3n) is 5.80. The molecular formula is C24H32O13S. The summed E-state index contributed by atoms with van der Waals surface area (Å²) >= 11 is 0. The topological polar surface area (TPSA) is 221 Å². The van der Waals surface area contributed by atoms with Crippen molar-refractivity contribution in [3.05, 3.63) is 47.5 Å². The smallest absolute Gasteiger partial charge is 0.446 e. The molecule has 5 unspecified atom stereocenters. The molecule has 0 spiro atoms. The molecule has 2 aromatic carbocycles. The summed E-state index contributed by atoms with van der Waals surface area (Å²) in [7, 11) is -4.77. The van der Waals surface area contributed by atoms with Gasteiger partial charge in [-0.15, -0.1) is 0 Å². The molecule has 0 amide bonds. The second kappa shape index (κ2) is 13.6. The summed E-state index contributed by atoms with van der Waals surface area (Å²) in [5.74, 6) is -2.51. The van der Waals surface area contributed by atoms with E-state index in [9.17, 15) is 33.6 Å². The number of ether oxygens (including phenoxy) is 2. The molecule has 212 valence electrons. The van der Waals surface area contributed by atoms with Gasteiger partial charge < -0.3 is 44.3 Å². The lowest BCUT2D eigenvalue weighted by atomic mass is 9.85. The van der Waals surface area contributed by atoms with Gasteiger partial charge in [0.25, 0.3) is 0 Å². The van der Waals surface area contributed by atoms with Crippen molar-refractivity contribution in [2.24, 2.45) is 11.8 Å². The van der Waals surface area contributed by atoms with Crippen LogP contribution in [0.5, 0.6) is 23.0 Å². The zero-order valence-electron chi connectivity index (χ0n) is 20.7. The highest BCUT2D eigenvalue weighted by Gasteiger charge is 2.30. The minimum absolute atomic E-state index is 0.0738. The first kappa shape index (κ1) is 31.1. The van der Waals surface area contributed by atoms with Crippen LogP contribution in [0.4, 0.5) is 0 Å². The van der Waals surface area contributed by atoms with Crippen LogP contribution >= 0.6 is 0 Å². The van der Waals surface area contributed by atoms with E-state index in [-0.39, 0.29) is 23.3 Å². The van der Waals surface area contributed by atoms with Crippen LogP contribution in [0.1, 0.15) is 25.0 Å². The van der Waals surface area contributed by atoms with E-state index in [1.165, 1.54) is 24.3 Å². The maximum Gasteiger partial charge on any atom is 0.446 e. The Morgan fingerprint density at radius 1 is 0.921 bits per heavy atom. The van der Waals surface area contributed by atoms with E-state index >= 15 is 0 Å². The van der Waals surface area contributed by atoms with Crippen molar-refractivity contribution in [3.63, 3.8) is 0 Å². The maximum absolute atomic E-state index is 10.8. The lowest BCUT2D eigenvalue weighted by molar-refractivity contribution is -0.188. The standard InChI is InChI=1S/C24H32O13S/c1-13(14(2)8-16-4-6-21(18(27)10-16)37-38(32,33)34)7-15-3-5-20(17(26)9-15)36-24(35-12-22(29)30)23(31)19(28)11-25/h3-6,9-10,13-14,19,23-28,31H,7-8,11-12H2,1-2H3,(H,29,30)(H,32,33,34). The van der Waals surface area contributed by atoms with Crippen LogP contribution in [-0.2, 0) is 32.8 Å². The van der Waals surface area contributed by atoms with E-state index in [1.807, 2.05) is 13.8 Å². The number of carboxylic acid groups (broad SMARTS) is 1. The molecule has 5 atom stereocenters. The van der Waals surface area contributed by atoms with Gasteiger partial charge in [0.1, 0.15) is 18.8 Å². The second-order valence-corrected chi connectivity index (χ2v) is 9.93. The summed E-state index contributed by atoms with van der Waals surface area (Å²) < 4.78 is 45.0. The Morgan fingerprint density at radius 2 is 1.42 bits per heavy atom. The van der Waals surface area contributed by atoms with Crippen molar-refractivity contribution in [3.8, 4) is 23.0 Å². The van der Waals surface area contributed by atoms with Gasteiger partial charge in [-0.1, -0.05) is 26.0 Å². The van der Waals surface area contributed by atoms with Crippen molar-refractivity contribution in [1.29, 1.82) is 0 Å². The van der Waals surface area contributed by atoms with Crippen molar-refractivity contribution in [2.75, 3.05) is 13.2 Å². The van der Waals surface area contributed by atoms with E-state index in [0.717, 1.165) is 5.56 Å².